The molecule has 1 atom stereocenters. The molecule has 19 heavy (non-hydrogen) atoms. The third kappa shape index (κ3) is 2.26. The van der Waals surface area contributed by atoms with Gasteiger partial charge in [0, 0.05) is 30.7 Å². The SMILES string of the molecule is CC1(CN)CCN(c2nc(Cl)cc3ncccc23)C1. The van der Waals surface area contributed by atoms with Gasteiger partial charge in [-0.15, -0.1) is 0 Å². The highest BCUT2D eigenvalue weighted by molar-refractivity contribution is 6.30. The summed E-state index contributed by atoms with van der Waals surface area (Å²) in [6.07, 6.45) is 2.86. The summed E-state index contributed by atoms with van der Waals surface area (Å²) in [5.41, 5.74) is 6.92. The van der Waals surface area contributed by atoms with Gasteiger partial charge in [0.25, 0.3) is 0 Å². The lowest BCUT2D eigenvalue weighted by molar-refractivity contribution is 0.383. The lowest BCUT2D eigenvalue weighted by Crippen LogP contribution is -2.31. The number of hydrogen-bond acceptors (Lipinski definition) is 4. The van der Waals surface area contributed by atoms with Crippen molar-refractivity contribution in [2.24, 2.45) is 11.1 Å². The number of fused-ring (bicyclic) bond motifs is 1. The second-order valence-corrected chi connectivity index (χ2v) is 5.91. The number of aromatic nitrogens is 2. The average molecular weight is 277 g/mol. The van der Waals surface area contributed by atoms with Crippen LogP contribution in [0.2, 0.25) is 5.15 Å². The minimum absolute atomic E-state index is 0.165. The Morgan fingerprint density at radius 3 is 3.11 bits per heavy atom. The van der Waals surface area contributed by atoms with Crippen molar-refractivity contribution in [1.29, 1.82) is 0 Å². The topological polar surface area (TPSA) is 55.0 Å². The predicted molar refractivity (Wildman–Crippen MR) is 78.5 cm³/mol. The van der Waals surface area contributed by atoms with Crippen molar-refractivity contribution in [3.63, 3.8) is 0 Å². The van der Waals surface area contributed by atoms with Crippen LogP contribution in [0.3, 0.4) is 0 Å². The first kappa shape index (κ1) is 12.6. The van der Waals surface area contributed by atoms with Gasteiger partial charge in [-0.1, -0.05) is 18.5 Å². The molecular weight excluding hydrogens is 260 g/mol. The zero-order chi connectivity index (χ0) is 13.5. The van der Waals surface area contributed by atoms with Crippen LogP contribution >= 0.6 is 11.6 Å². The molecule has 2 N–H and O–H groups in total. The summed E-state index contributed by atoms with van der Waals surface area (Å²) in [5, 5.41) is 1.54. The summed E-state index contributed by atoms with van der Waals surface area (Å²) < 4.78 is 0. The van der Waals surface area contributed by atoms with Gasteiger partial charge in [0.05, 0.1) is 5.52 Å². The number of halogens is 1. The Kier molecular flexibility index (Phi) is 3.07. The maximum atomic E-state index is 6.10. The second kappa shape index (κ2) is 4.62. The Hall–Kier alpha value is -1.39. The minimum atomic E-state index is 0.165. The Balaban J connectivity index is 2.06. The van der Waals surface area contributed by atoms with E-state index < -0.39 is 0 Å². The molecule has 0 spiro atoms. The fourth-order valence-electron chi connectivity index (χ4n) is 2.64. The van der Waals surface area contributed by atoms with Crippen LogP contribution in [0.1, 0.15) is 13.3 Å². The van der Waals surface area contributed by atoms with E-state index >= 15 is 0 Å². The van der Waals surface area contributed by atoms with Crippen molar-refractivity contribution in [1.82, 2.24) is 9.97 Å². The second-order valence-electron chi connectivity index (χ2n) is 5.53. The molecule has 1 unspecified atom stereocenters. The van der Waals surface area contributed by atoms with Crippen molar-refractivity contribution in [2.45, 2.75) is 13.3 Å². The van der Waals surface area contributed by atoms with E-state index in [2.05, 4.69) is 21.8 Å². The van der Waals surface area contributed by atoms with Gasteiger partial charge in [-0.05, 0) is 30.5 Å². The van der Waals surface area contributed by atoms with Crippen molar-refractivity contribution >= 4 is 28.3 Å². The molecule has 0 aromatic carbocycles. The largest absolute Gasteiger partial charge is 0.355 e. The molecule has 3 rings (SSSR count). The van der Waals surface area contributed by atoms with E-state index in [0.29, 0.717) is 11.7 Å². The Bertz CT molecular complexity index is 615. The molecule has 4 nitrogen and oxygen atoms in total. The zero-order valence-electron chi connectivity index (χ0n) is 10.9. The van der Waals surface area contributed by atoms with Gasteiger partial charge in [-0.25, -0.2) is 4.98 Å². The first-order valence-electron chi connectivity index (χ1n) is 6.48. The van der Waals surface area contributed by atoms with Crippen LogP contribution in [-0.2, 0) is 0 Å². The molecule has 1 saturated heterocycles. The number of nitrogens with two attached hydrogens (primary N) is 1. The van der Waals surface area contributed by atoms with Crippen LogP contribution < -0.4 is 10.6 Å². The van der Waals surface area contributed by atoms with Crippen LogP contribution in [0.5, 0.6) is 0 Å². The fourth-order valence-corrected chi connectivity index (χ4v) is 2.82. The van der Waals surface area contributed by atoms with Gasteiger partial charge in [0.1, 0.15) is 11.0 Å². The summed E-state index contributed by atoms with van der Waals surface area (Å²) >= 11 is 6.10. The summed E-state index contributed by atoms with van der Waals surface area (Å²) in [6, 6.07) is 5.78. The van der Waals surface area contributed by atoms with E-state index in [1.807, 2.05) is 12.1 Å². The van der Waals surface area contributed by atoms with Gasteiger partial charge in [0.15, 0.2) is 0 Å². The Labute approximate surface area is 117 Å². The summed E-state index contributed by atoms with van der Waals surface area (Å²) in [7, 11) is 0. The normalized spacial score (nSPS) is 23.2. The zero-order valence-corrected chi connectivity index (χ0v) is 11.7. The van der Waals surface area contributed by atoms with Crippen molar-refractivity contribution in [2.75, 3.05) is 24.5 Å². The first-order chi connectivity index (χ1) is 9.11. The van der Waals surface area contributed by atoms with E-state index in [1.54, 1.807) is 12.3 Å². The minimum Gasteiger partial charge on any atom is -0.355 e. The van der Waals surface area contributed by atoms with Crippen molar-refractivity contribution < 1.29 is 0 Å². The lowest BCUT2D eigenvalue weighted by Gasteiger charge is -2.24. The lowest BCUT2D eigenvalue weighted by atomic mass is 9.90. The number of rotatable bonds is 2. The standard InChI is InChI=1S/C14H17ClN4/c1-14(8-16)4-6-19(9-14)13-10-3-2-5-17-11(10)7-12(15)18-13/h2-3,5,7H,4,6,8-9,16H2,1H3. The van der Waals surface area contributed by atoms with Gasteiger partial charge in [-0.3, -0.25) is 4.98 Å². The summed E-state index contributed by atoms with van der Waals surface area (Å²) in [5.74, 6) is 0.924. The number of hydrogen-bond donors (Lipinski definition) is 1. The van der Waals surface area contributed by atoms with E-state index in [4.69, 9.17) is 17.3 Å². The summed E-state index contributed by atoms with van der Waals surface area (Å²) in [6.45, 7) is 4.80. The molecule has 0 aliphatic carbocycles. The molecule has 2 aromatic rings. The molecule has 0 radical (unpaired) electrons. The number of pyridine rings is 2. The Morgan fingerprint density at radius 1 is 1.53 bits per heavy atom. The van der Waals surface area contributed by atoms with Gasteiger partial charge >= 0.3 is 0 Å². The molecule has 0 saturated carbocycles. The maximum Gasteiger partial charge on any atom is 0.139 e. The number of anilines is 1. The van der Waals surface area contributed by atoms with Crippen molar-refractivity contribution in [3.05, 3.63) is 29.5 Å². The van der Waals surface area contributed by atoms with E-state index in [-0.39, 0.29) is 5.41 Å². The first-order valence-corrected chi connectivity index (χ1v) is 6.85. The third-order valence-corrected chi connectivity index (χ3v) is 4.09. The highest BCUT2D eigenvalue weighted by Gasteiger charge is 2.33. The maximum absolute atomic E-state index is 6.10. The van der Waals surface area contributed by atoms with Gasteiger partial charge < -0.3 is 10.6 Å². The highest BCUT2D eigenvalue weighted by Crippen LogP contribution is 2.35. The quantitative estimate of drug-likeness (QED) is 0.856. The van der Waals surface area contributed by atoms with Gasteiger partial charge in [0.2, 0.25) is 0 Å². The molecule has 1 fully saturated rings. The molecule has 100 valence electrons. The van der Waals surface area contributed by atoms with E-state index in [0.717, 1.165) is 36.2 Å². The fraction of sp³-hybridized carbons (Fsp3) is 0.429. The number of nitrogens with zero attached hydrogens (tertiary/aromatic N) is 3. The molecule has 2 aromatic heterocycles. The highest BCUT2D eigenvalue weighted by atomic mass is 35.5. The van der Waals surface area contributed by atoms with Crippen LogP contribution in [-0.4, -0.2) is 29.6 Å². The molecule has 0 amide bonds. The Morgan fingerprint density at radius 2 is 2.37 bits per heavy atom. The average Bonchev–Trinajstić information content (AvgIpc) is 2.81. The van der Waals surface area contributed by atoms with Crippen LogP contribution in [0.4, 0.5) is 5.82 Å². The molecule has 1 aliphatic heterocycles. The van der Waals surface area contributed by atoms with Crippen LogP contribution in [0, 0.1) is 5.41 Å². The third-order valence-electron chi connectivity index (χ3n) is 3.90. The van der Waals surface area contributed by atoms with E-state index in [9.17, 15) is 0 Å². The molecule has 5 heteroatoms. The monoisotopic (exact) mass is 276 g/mol. The molecular formula is C14H17ClN4. The van der Waals surface area contributed by atoms with Crippen molar-refractivity contribution in [3.8, 4) is 0 Å². The molecule has 3 heterocycles. The van der Waals surface area contributed by atoms with Crippen LogP contribution in [0.15, 0.2) is 24.4 Å². The predicted octanol–water partition coefficient (Wildman–Crippen LogP) is 2.46. The van der Waals surface area contributed by atoms with E-state index in [1.165, 1.54) is 0 Å². The smallest absolute Gasteiger partial charge is 0.139 e. The molecule has 1 aliphatic rings. The summed E-state index contributed by atoms with van der Waals surface area (Å²) in [4.78, 5) is 11.1. The molecule has 0 bridgehead atoms. The van der Waals surface area contributed by atoms with Gasteiger partial charge in [-0.2, -0.15) is 0 Å². The van der Waals surface area contributed by atoms with Crippen LogP contribution in [0.25, 0.3) is 10.9 Å².